The minimum Gasteiger partial charge on any atom is -0.336 e. The summed E-state index contributed by atoms with van der Waals surface area (Å²) in [7, 11) is 1.86. The van der Waals surface area contributed by atoms with Gasteiger partial charge in [-0.1, -0.05) is 29.8 Å². The Hall–Kier alpha value is -1.85. The van der Waals surface area contributed by atoms with Crippen LogP contribution in [0.5, 0.6) is 0 Å². The van der Waals surface area contributed by atoms with Crippen molar-refractivity contribution >= 4 is 39.2 Å². The number of aryl methyl sites for hydroxylation is 2. The maximum Gasteiger partial charge on any atom is 0.233 e. The average molecular weight is 371 g/mol. The molecule has 3 rings (SSSR count). The molecule has 0 radical (unpaired) electrons. The van der Waals surface area contributed by atoms with E-state index in [0.29, 0.717) is 5.75 Å². The zero-order valence-corrected chi connectivity index (χ0v) is 16.6. The Morgan fingerprint density at radius 1 is 1.24 bits per heavy atom. The van der Waals surface area contributed by atoms with E-state index in [1.807, 2.05) is 32.2 Å². The van der Waals surface area contributed by atoms with Gasteiger partial charge in [-0.3, -0.25) is 4.79 Å². The number of carbonyl (C=O) groups is 1. The standard InChI is InChI=1S/C20H22N2OS2/c1-13-9-10-14(2)18(11-13)24-12-19(23)22(4)15(3)20-21-16-7-5-6-8-17(16)25-20/h5-11,15H,12H2,1-4H3/t15-/m0/s1. The highest BCUT2D eigenvalue weighted by Crippen LogP contribution is 2.30. The van der Waals surface area contributed by atoms with Gasteiger partial charge in [-0.25, -0.2) is 4.98 Å². The first-order chi connectivity index (χ1) is 12.0. The summed E-state index contributed by atoms with van der Waals surface area (Å²) in [6.07, 6.45) is 0. The molecule has 1 heterocycles. The first-order valence-corrected chi connectivity index (χ1v) is 10.1. The van der Waals surface area contributed by atoms with Gasteiger partial charge >= 0.3 is 0 Å². The third-order valence-corrected chi connectivity index (χ3v) is 6.69. The average Bonchev–Trinajstić information content (AvgIpc) is 3.05. The van der Waals surface area contributed by atoms with Crippen LogP contribution in [0.1, 0.15) is 29.1 Å². The predicted octanol–water partition coefficient (Wildman–Crippen LogP) is 5.22. The highest BCUT2D eigenvalue weighted by molar-refractivity contribution is 8.00. The Morgan fingerprint density at radius 2 is 2.00 bits per heavy atom. The molecule has 3 aromatic rings. The Kier molecular flexibility index (Phi) is 5.45. The van der Waals surface area contributed by atoms with E-state index < -0.39 is 0 Å². The van der Waals surface area contributed by atoms with E-state index >= 15 is 0 Å². The smallest absolute Gasteiger partial charge is 0.233 e. The predicted molar refractivity (Wildman–Crippen MR) is 107 cm³/mol. The molecule has 1 amide bonds. The Bertz CT molecular complexity index is 871. The van der Waals surface area contributed by atoms with E-state index in [2.05, 4.69) is 43.1 Å². The SMILES string of the molecule is Cc1ccc(C)c(SCC(=O)N(C)[C@@H](C)c2nc3ccccc3s2)c1. The van der Waals surface area contributed by atoms with Crippen molar-refractivity contribution in [2.75, 3.05) is 12.8 Å². The summed E-state index contributed by atoms with van der Waals surface area (Å²) in [5, 5.41) is 0.980. The molecule has 2 aromatic carbocycles. The fraction of sp³-hybridized carbons (Fsp3) is 0.300. The fourth-order valence-electron chi connectivity index (χ4n) is 2.55. The summed E-state index contributed by atoms with van der Waals surface area (Å²) < 4.78 is 1.16. The lowest BCUT2D eigenvalue weighted by atomic mass is 10.2. The van der Waals surface area contributed by atoms with Gasteiger partial charge < -0.3 is 4.90 Å². The van der Waals surface area contributed by atoms with E-state index in [-0.39, 0.29) is 11.9 Å². The minimum absolute atomic E-state index is 0.0240. The van der Waals surface area contributed by atoms with Crippen molar-refractivity contribution in [3.05, 3.63) is 58.6 Å². The third kappa shape index (κ3) is 4.05. The molecule has 0 aliphatic carbocycles. The van der Waals surface area contributed by atoms with E-state index in [0.717, 1.165) is 15.2 Å². The fourth-order valence-corrected chi connectivity index (χ4v) is 4.66. The van der Waals surface area contributed by atoms with E-state index in [1.54, 1.807) is 28.0 Å². The number of amides is 1. The summed E-state index contributed by atoms with van der Waals surface area (Å²) in [5.41, 5.74) is 3.43. The van der Waals surface area contributed by atoms with Gasteiger partial charge in [0, 0.05) is 11.9 Å². The van der Waals surface area contributed by atoms with Gasteiger partial charge in [-0.15, -0.1) is 23.1 Å². The van der Waals surface area contributed by atoms with Gasteiger partial charge in [0.15, 0.2) is 0 Å². The number of thioether (sulfide) groups is 1. The quantitative estimate of drug-likeness (QED) is 0.577. The van der Waals surface area contributed by atoms with Crippen LogP contribution in [0.3, 0.4) is 0 Å². The van der Waals surface area contributed by atoms with Crippen molar-refractivity contribution < 1.29 is 4.79 Å². The van der Waals surface area contributed by atoms with Crippen LogP contribution in [-0.4, -0.2) is 28.6 Å². The lowest BCUT2D eigenvalue weighted by Crippen LogP contribution is -2.31. The molecule has 0 saturated carbocycles. The van der Waals surface area contributed by atoms with E-state index in [9.17, 15) is 4.79 Å². The van der Waals surface area contributed by atoms with Gasteiger partial charge in [0.25, 0.3) is 0 Å². The largest absolute Gasteiger partial charge is 0.336 e. The molecule has 0 fully saturated rings. The number of benzene rings is 2. The van der Waals surface area contributed by atoms with E-state index in [1.165, 1.54) is 16.0 Å². The number of carbonyl (C=O) groups excluding carboxylic acids is 1. The second-order valence-corrected chi connectivity index (χ2v) is 8.34. The van der Waals surface area contributed by atoms with Crippen molar-refractivity contribution in [2.24, 2.45) is 0 Å². The van der Waals surface area contributed by atoms with Crippen molar-refractivity contribution in [3.8, 4) is 0 Å². The minimum atomic E-state index is -0.0240. The van der Waals surface area contributed by atoms with Gasteiger partial charge in [0.1, 0.15) is 5.01 Å². The molecule has 0 spiro atoms. The van der Waals surface area contributed by atoms with Crippen LogP contribution in [0.4, 0.5) is 0 Å². The number of fused-ring (bicyclic) bond motifs is 1. The summed E-state index contributed by atoms with van der Waals surface area (Å²) in [6.45, 7) is 6.20. The van der Waals surface area contributed by atoms with Crippen molar-refractivity contribution in [1.29, 1.82) is 0 Å². The Morgan fingerprint density at radius 3 is 2.76 bits per heavy atom. The molecule has 0 aliphatic rings. The molecular weight excluding hydrogens is 348 g/mol. The van der Waals surface area contributed by atoms with Crippen LogP contribution < -0.4 is 0 Å². The molecular formula is C20H22N2OS2. The van der Waals surface area contributed by atoms with Gasteiger partial charge in [0.05, 0.1) is 22.0 Å². The normalized spacial score (nSPS) is 12.3. The number of hydrogen-bond acceptors (Lipinski definition) is 4. The zero-order chi connectivity index (χ0) is 18.0. The summed E-state index contributed by atoms with van der Waals surface area (Å²) >= 11 is 3.27. The number of aromatic nitrogens is 1. The summed E-state index contributed by atoms with van der Waals surface area (Å²) in [6, 6.07) is 14.4. The molecule has 130 valence electrons. The van der Waals surface area contributed by atoms with Gasteiger partial charge in [-0.05, 0) is 44.5 Å². The van der Waals surface area contributed by atoms with Crippen LogP contribution >= 0.6 is 23.1 Å². The number of thiazole rings is 1. The molecule has 1 atom stereocenters. The molecule has 5 heteroatoms. The lowest BCUT2D eigenvalue weighted by Gasteiger charge is -2.23. The number of hydrogen-bond donors (Lipinski definition) is 0. The van der Waals surface area contributed by atoms with Crippen LogP contribution in [0, 0.1) is 13.8 Å². The summed E-state index contributed by atoms with van der Waals surface area (Å²) in [4.78, 5) is 20.3. The van der Waals surface area contributed by atoms with Crippen LogP contribution in [0.25, 0.3) is 10.2 Å². The van der Waals surface area contributed by atoms with Gasteiger partial charge in [0.2, 0.25) is 5.91 Å². The molecule has 0 unspecified atom stereocenters. The number of para-hydroxylation sites is 1. The van der Waals surface area contributed by atoms with E-state index in [4.69, 9.17) is 0 Å². The van der Waals surface area contributed by atoms with Gasteiger partial charge in [-0.2, -0.15) is 0 Å². The molecule has 0 bridgehead atoms. The highest BCUT2D eigenvalue weighted by atomic mass is 32.2. The maximum absolute atomic E-state index is 12.6. The Balaban J connectivity index is 1.67. The maximum atomic E-state index is 12.6. The van der Waals surface area contributed by atoms with Crippen LogP contribution in [0.2, 0.25) is 0 Å². The number of nitrogens with zero attached hydrogens (tertiary/aromatic N) is 2. The van der Waals surface area contributed by atoms with Crippen LogP contribution in [0.15, 0.2) is 47.4 Å². The van der Waals surface area contributed by atoms with Crippen molar-refractivity contribution in [3.63, 3.8) is 0 Å². The molecule has 0 aliphatic heterocycles. The van der Waals surface area contributed by atoms with Crippen molar-refractivity contribution in [2.45, 2.75) is 31.7 Å². The molecule has 0 saturated heterocycles. The zero-order valence-electron chi connectivity index (χ0n) is 14.9. The third-order valence-electron chi connectivity index (χ3n) is 4.34. The lowest BCUT2D eigenvalue weighted by molar-refractivity contribution is -0.128. The van der Waals surface area contributed by atoms with Crippen molar-refractivity contribution in [1.82, 2.24) is 9.88 Å². The van der Waals surface area contributed by atoms with Crippen LogP contribution in [-0.2, 0) is 4.79 Å². The second kappa shape index (κ2) is 7.58. The second-order valence-electron chi connectivity index (χ2n) is 6.26. The molecule has 0 N–H and O–H groups in total. The Labute approximate surface area is 157 Å². The number of rotatable bonds is 5. The summed E-state index contributed by atoms with van der Waals surface area (Å²) in [5.74, 6) is 0.563. The molecule has 1 aromatic heterocycles. The topological polar surface area (TPSA) is 33.2 Å². The monoisotopic (exact) mass is 370 g/mol. The highest BCUT2D eigenvalue weighted by Gasteiger charge is 2.20. The molecule has 3 nitrogen and oxygen atoms in total. The molecule has 25 heavy (non-hydrogen) atoms. The first kappa shape index (κ1) is 18.0. The first-order valence-electron chi connectivity index (χ1n) is 8.27.